The third-order valence-electron chi connectivity index (χ3n) is 2.55. The van der Waals surface area contributed by atoms with Crippen molar-refractivity contribution in [3.05, 3.63) is 0 Å². The fourth-order valence-corrected chi connectivity index (χ4v) is 1.67. The molecule has 1 heterocycles. The highest BCUT2D eigenvalue weighted by Crippen LogP contribution is 2.04. The second-order valence-corrected chi connectivity index (χ2v) is 3.71. The summed E-state index contributed by atoms with van der Waals surface area (Å²) in [6.45, 7) is 4.18. The van der Waals surface area contributed by atoms with Crippen LogP contribution in [-0.2, 0) is 0 Å². The first-order valence-corrected chi connectivity index (χ1v) is 5.20. The quantitative estimate of drug-likeness (QED) is 0.680. The fraction of sp³-hybridized carbons (Fsp3) is 0.900. The Morgan fingerprint density at radius 2 is 2.00 bits per heavy atom. The van der Waals surface area contributed by atoms with Gasteiger partial charge in [-0.15, -0.1) is 0 Å². The number of hydrogen-bond acceptors (Lipinski definition) is 3. The van der Waals surface area contributed by atoms with Crippen LogP contribution in [0.4, 0.5) is 0 Å². The molecule has 1 aliphatic heterocycles. The first-order chi connectivity index (χ1) is 6.36. The maximum atomic E-state index is 8.51. The predicted octanol–water partition coefficient (Wildman–Crippen LogP) is 1.02. The summed E-state index contributed by atoms with van der Waals surface area (Å²) < 4.78 is 0. The molecule has 74 valence electrons. The van der Waals surface area contributed by atoms with Gasteiger partial charge >= 0.3 is 0 Å². The number of nitrogens with zero attached hydrogens (tertiary/aromatic N) is 1. The molecule has 0 unspecified atom stereocenters. The molecule has 0 saturated carbocycles. The molecule has 0 bridgehead atoms. The Kier molecular flexibility index (Phi) is 4.81. The monoisotopic (exact) mass is 181 g/mol. The van der Waals surface area contributed by atoms with E-state index in [0.29, 0.717) is 18.5 Å². The van der Waals surface area contributed by atoms with Crippen LogP contribution in [0.1, 0.15) is 32.6 Å². The topological polar surface area (TPSA) is 47.9 Å². The van der Waals surface area contributed by atoms with Gasteiger partial charge in [0, 0.05) is 25.2 Å². The molecule has 13 heavy (non-hydrogen) atoms. The molecule has 0 aromatic rings. The zero-order valence-corrected chi connectivity index (χ0v) is 8.34. The van der Waals surface area contributed by atoms with Crippen molar-refractivity contribution in [2.24, 2.45) is 0 Å². The van der Waals surface area contributed by atoms with E-state index in [2.05, 4.69) is 23.6 Å². The molecule has 0 radical (unpaired) electrons. The maximum absolute atomic E-state index is 8.51. The number of nitriles is 1. The lowest BCUT2D eigenvalue weighted by molar-refractivity contribution is 0.331. The molecule has 1 saturated heterocycles. The lowest BCUT2D eigenvalue weighted by Crippen LogP contribution is -2.54. The van der Waals surface area contributed by atoms with Crippen LogP contribution in [-0.4, -0.2) is 25.2 Å². The van der Waals surface area contributed by atoms with Gasteiger partial charge in [0.05, 0.1) is 12.5 Å². The molecule has 2 N–H and O–H groups in total. The molecular formula is C10H19N3. The van der Waals surface area contributed by atoms with Gasteiger partial charge in [-0.1, -0.05) is 19.8 Å². The van der Waals surface area contributed by atoms with Crippen LogP contribution in [0.3, 0.4) is 0 Å². The van der Waals surface area contributed by atoms with E-state index in [1.165, 1.54) is 19.3 Å². The molecule has 3 nitrogen and oxygen atoms in total. The average Bonchev–Trinajstić information content (AvgIpc) is 2.17. The van der Waals surface area contributed by atoms with Gasteiger partial charge < -0.3 is 10.6 Å². The summed E-state index contributed by atoms with van der Waals surface area (Å²) >= 11 is 0. The third-order valence-corrected chi connectivity index (χ3v) is 2.55. The number of nitrogens with one attached hydrogen (secondary N) is 2. The van der Waals surface area contributed by atoms with Gasteiger partial charge in [-0.05, 0) is 6.42 Å². The van der Waals surface area contributed by atoms with Crippen LogP contribution in [0.15, 0.2) is 0 Å². The Hall–Kier alpha value is -0.590. The molecular weight excluding hydrogens is 162 g/mol. The van der Waals surface area contributed by atoms with E-state index < -0.39 is 0 Å². The van der Waals surface area contributed by atoms with E-state index >= 15 is 0 Å². The third kappa shape index (κ3) is 3.75. The molecule has 1 aliphatic rings. The van der Waals surface area contributed by atoms with Crippen LogP contribution in [0, 0.1) is 11.3 Å². The molecule has 0 spiro atoms. The van der Waals surface area contributed by atoms with Gasteiger partial charge in [-0.25, -0.2) is 0 Å². The zero-order chi connectivity index (χ0) is 9.52. The minimum Gasteiger partial charge on any atom is -0.311 e. The molecule has 1 rings (SSSR count). The minimum atomic E-state index is 0.364. The summed E-state index contributed by atoms with van der Waals surface area (Å²) in [4.78, 5) is 0. The number of unbranched alkanes of at least 4 members (excludes halogenated alkanes) is 1. The predicted molar refractivity (Wildman–Crippen MR) is 53.3 cm³/mol. The van der Waals surface area contributed by atoms with Crippen LogP contribution in [0.25, 0.3) is 0 Å². The van der Waals surface area contributed by atoms with E-state index in [0.717, 1.165) is 13.1 Å². The Bertz CT molecular complexity index is 165. The van der Waals surface area contributed by atoms with Crippen molar-refractivity contribution in [1.29, 1.82) is 5.26 Å². The van der Waals surface area contributed by atoms with E-state index in [-0.39, 0.29) is 0 Å². The van der Waals surface area contributed by atoms with Crippen LogP contribution in [0.2, 0.25) is 0 Å². The van der Waals surface area contributed by atoms with Gasteiger partial charge in [-0.3, -0.25) is 0 Å². The lowest BCUT2D eigenvalue weighted by atomic mass is 10.1. The van der Waals surface area contributed by atoms with Gasteiger partial charge in [0.2, 0.25) is 0 Å². The van der Waals surface area contributed by atoms with Gasteiger partial charge in [0.25, 0.3) is 0 Å². The van der Waals surface area contributed by atoms with Crippen molar-refractivity contribution in [2.75, 3.05) is 13.1 Å². The standard InChI is InChI=1S/C10H19N3/c1-2-3-4-9-7-13-10(5-6-11)8-12-9/h9-10,12-13H,2-5,7-8H2,1H3/t9-,10+/m1/s1. The van der Waals surface area contributed by atoms with E-state index in [1.807, 2.05) is 0 Å². The maximum Gasteiger partial charge on any atom is 0.0638 e. The zero-order valence-electron chi connectivity index (χ0n) is 8.34. The highest BCUT2D eigenvalue weighted by molar-refractivity contribution is 4.88. The summed E-state index contributed by atoms with van der Waals surface area (Å²) in [6.07, 6.45) is 4.43. The smallest absolute Gasteiger partial charge is 0.0638 e. The Labute approximate surface area is 80.5 Å². The van der Waals surface area contributed by atoms with E-state index in [4.69, 9.17) is 5.26 Å². The first-order valence-electron chi connectivity index (χ1n) is 5.20. The second-order valence-electron chi connectivity index (χ2n) is 3.71. The summed E-state index contributed by atoms with van der Waals surface area (Å²) in [6, 6.07) is 3.18. The summed E-state index contributed by atoms with van der Waals surface area (Å²) in [5, 5.41) is 15.4. The number of hydrogen-bond donors (Lipinski definition) is 2. The number of piperazine rings is 1. The largest absolute Gasteiger partial charge is 0.311 e. The molecule has 1 fully saturated rings. The van der Waals surface area contributed by atoms with Crippen LogP contribution in [0.5, 0.6) is 0 Å². The van der Waals surface area contributed by atoms with Crippen molar-refractivity contribution >= 4 is 0 Å². The van der Waals surface area contributed by atoms with Gasteiger partial charge in [0.1, 0.15) is 0 Å². The summed E-state index contributed by atoms with van der Waals surface area (Å²) in [5.74, 6) is 0. The fourth-order valence-electron chi connectivity index (χ4n) is 1.67. The molecule has 2 atom stereocenters. The van der Waals surface area contributed by atoms with Crippen LogP contribution >= 0.6 is 0 Å². The lowest BCUT2D eigenvalue weighted by Gasteiger charge is -2.30. The van der Waals surface area contributed by atoms with Gasteiger partial charge in [-0.2, -0.15) is 5.26 Å². The molecule has 3 heteroatoms. The van der Waals surface area contributed by atoms with Crippen molar-refractivity contribution < 1.29 is 0 Å². The van der Waals surface area contributed by atoms with Crippen molar-refractivity contribution in [2.45, 2.75) is 44.7 Å². The minimum absolute atomic E-state index is 0.364. The highest BCUT2D eigenvalue weighted by Gasteiger charge is 2.18. The Morgan fingerprint density at radius 1 is 1.31 bits per heavy atom. The Balaban J connectivity index is 2.12. The SMILES string of the molecule is CCCC[C@@H]1CN[C@@H](CC#N)CN1. The molecule has 0 amide bonds. The first kappa shape index (κ1) is 10.5. The van der Waals surface area contributed by atoms with Crippen molar-refractivity contribution in [3.63, 3.8) is 0 Å². The van der Waals surface area contributed by atoms with E-state index in [9.17, 15) is 0 Å². The average molecular weight is 181 g/mol. The van der Waals surface area contributed by atoms with Crippen molar-refractivity contribution in [3.8, 4) is 6.07 Å². The Morgan fingerprint density at radius 3 is 2.54 bits per heavy atom. The summed E-state index contributed by atoms with van der Waals surface area (Å²) in [5.41, 5.74) is 0. The van der Waals surface area contributed by atoms with Gasteiger partial charge in [0.15, 0.2) is 0 Å². The molecule has 0 aliphatic carbocycles. The molecule has 0 aromatic heterocycles. The van der Waals surface area contributed by atoms with E-state index in [1.54, 1.807) is 0 Å². The molecule has 0 aromatic carbocycles. The summed E-state index contributed by atoms with van der Waals surface area (Å²) in [7, 11) is 0. The van der Waals surface area contributed by atoms with Crippen molar-refractivity contribution in [1.82, 2.24) is 10.6 Å². The second kappa shape index (κ2) is 5.95. The highest BCUT2D eigenvalue weighted by atomic mass is 15.1. The van der Waals surface area contributed by atoms with Crippen LogP contribution < -0.4 is 10.6 Å². The number of rotatable bonds is 4. The normalized spacial score (nSPS) is 28.3.